The standard InChI is InChI=1S/C17H13ClN4O6S/c1-10-8-16(20-28-10)21-29(26,27)13-5-2-11(3-6-13)19-17(23)14-9-12(22(24)25)4-7-15(14)18/h2-9H,1H3,(H,19,23)(H,20,21). The Morgan fingerprint density at radius 2 is 1.86 bits per heavy atom. The zero-order valence-corrected chi connectivity index (χ0v) is 16.3. The van der Waals surface area contributed by atoms with Gasteiger partial charge in [0.2, 0.25) is 0 Å². The molecule has 0 aliphatic carbocycles. The molecular weight excluding hydrogens is 424 g/mol. The number of amides is 1. The monoisotopic (exact) mass is 436 g/mol. The number of nitro benzene ring substituents is 1. The van der Waals surface area contributed by atoms with E-state index in [1.807, 2.05) is 0 Å². The van der Waals surface area contributed by atoms with Crippen LogP contribution in [0.15, 0.2) is 57.9 Å². The number of nitrogens with one attached hydrogen (secondary N) is 2. The maximum Gasteiger partial charge on any atom is 0.270 e. The average molecular weight is 437 g/mol. The molecule has 2 aromatic carbocycles. The van der Waals surface area contributed by atoms with Gasteiger partial charge < -0.3 is 9.84 Å². The lowest BCUT2D eigenvalue weighted by Gasteiger charge is -2.09. The van der Waals surface area contributed by atoms with Gasteiger partial charge in [-0.15, -0.1) is 0 Å². The summed E-state index contributed by atoms with van der Waals surface area (Å²) in [6, 6.07) is 10.2. The molecule has 0 saturated carbocycles. The zero-order chi connectivity index (χ0) is 21.2. The SMILES string of the molecule is Cc1cc(NS(=O)(=O)c2ccc(NC(=O)c3cc([N+](=O)[O-])ccc3Cl)cc2)no1. The summed E-state index contributed by atoms with van der Waals surface area (Å²) in [5.74, 6) is -0.189. The van der Waals surface area contributed by atoms with E-state index in [0.717, 1.165) is 6.07 Å². The molecule has 0 aliphatic rings. The molecule has 0 fully saturated rings. The number of halogens is 1. The average Bonchev–Trinajstić information content (AvgIpc) is 3.06. The van der Waals surface area contributed by atoms with Gasteiger partial charge in [-0.1, -0.05) is 16.8 Å². The molecule has 0 spiro atoms. The second-order valence-electron chi connectivity index (χ2n) is 5.83. The van der Waals surface area contributed by atoms with Gasteiger partial charge in [0.15, 0.2) is 5.82 Å². The minimum absolute atomic E-state index is 0.0411. The fourth-order valence-electron chi connectivity index (χ4n) is 2.33. The Bertz CT molecular complexity index is 1190. The van der Waals surface area contributed by atoms with Crippen LogP contribution in [0, 0.1) is 17.0 Å². The Labute approximate surface area is 169 Å². The second-order valence-corrected chi connectivity index (χ2v) is 7.92. The van der Waals surface area contributed by atoms with Gasteiger partial charge in [-0.3, -0.25) is 19.6 Å². The molecule has 3 rings (SSSR count). The second kappa shape index (κ2) is 7.89. The summed E-state index contributed by atoms with van der Waals surface area (Å²) in [6.07, 6.45) is 0. The van der Waals surface area contributed by atoms with E-state index in [4.69, 9.17) is 16.1 Å². The predicted molar refractivity (Wildman–Crippen MR) is 105 cm³/mol. The third-order valence-corrected chi connectivity index (χ3v) is 5.39. The lowest BCUT2D eigenvalue weighted by atomic mass is 10.2. The maximum atomic E-state index is 12.4. The highest BCUT2D eigenvalue weighted by atomic mass is 35.5. The topological polar surface area (TPSA) is 144 Å². The summed E-state index contributed by atoms with van der Waals surface area (Å²) in [5, 5.41) is 17.0. The Morgan fingerprint density at radius 3 is 2.45 bits per heavy atom. The van der Waals surface area contributed by atoms with Crippen LogP contribution in [-0.2, 0) is 10.0 Å². The first kappa shape index (κ1) is 20.3. The highest BCUT2D eigenvalue weighted by Crippen LogP contribution is 2.24. The van der Waals surface area contributed by atoms with Gasteiger partial charge in [-0.25, -0.2) is 8.42 Å². The summed E-state index contributed by atoms with van der Waals surface area (Å²) in [4.78, 5) is 22.5. The molecule has 0 unspecified atom stereocenters. The number of carbonyl (C=O) groups excluding carboxylic acids is 1. The lowest BCUT2D eigenvalue weighted by molar-refractivity contribution is -0.384. The van der Waals surface area contributed by atoms with Crippen LogP contribution < -0.4 is 10.0 Å². The number of aromatic nitrogens is 1. The van der Waals surface area contributed by atoms with E-state index in [9.17, 15) is 23.3 Å². The Morgan fingerprint density at radius 1 is 1.17 bits per heavy atom. The molecule has 0 bridgehead atoms. The van der Waals surface area contributed by atoms with Crippen molar-refractivity contribution < 1.29 is 22.7 Å². The molecule has 150 valence electrons. The maximum absolute atomic E-state index is 12.4. The minimum Gasteiger partial charge on any atom is -0.360 e. The van der Waals surface area contributed by atoms with Crippen molar-refractivity contribution in [1.29, 1.82) is 0 Å². The molecule has 0 saturated heterocycles. The fraction of sp³-hybridized carbons (Fsp3) is 0.0588. The van der Waals surface area contributed by atoms with E-state index in [0.29, 0.717) is 5.76 Å². The summed E-state index contributed by atoms with van der Waals surface area (Å²) in [7, 11) is -3.90. The molecule has 0 aliphatic heterocycles. The minimum atomic E-state index is -3.90. The summed E-state index contributed by atoms with van der Waals surface area (Å²) in [5.41, 5.74) is -0.0930. The smallest absolute Gasteiger partial charge is 0.270 e. The van der Waals surface area contributed by atoms with Crippen molar-refractivity contribution in [3.63, 3.8) is 0 Å². The van der Waals surface area contributed by atoms with E-state index in [2.05, 4.69) is 15.2 Å². The number of sulfonamides is 1. The molecule has 2 N–H and O–H groups in total. The van der Waals surface area contributed by atoms with Crippen molar-refractivity contribution in [2.45, 2.75) is 11.8 Å². The molecule has 3 aromatic rings. The quantitative estimate of drug-likeness (QED) is 0.443. The van der Waals surface area contributed by atoms with E-state index < -0.39 is 20.9 Å². The van der Waals surface area contributed by atoms with Crippen LogP contribution in [0.4, 0.5) is 17.2 Å². The van der Waals surface area contributed by atoms with Crippen molar-refractivity contribution >= 4 is 44.7 Å². The molecule has 1 amide bonds. The van der Waals surface area contributed by atoms with Gasteiger partial charge in [0.25, 0.3) is 21.6 Å². The normalized spacial score (nSPS) is 11.1. The Kier molecular flexibility index (Phi) is 5.52. The number of anilines is 2. The molecule has 0 radical (unpaired) electrons. The number of aryl methyl sites for hydroxylation is 1. The third kappa shape index (κ3) is 4.70. The molecular formula is C17H13ClN4O6S. The van der Waals surface area contributed by atoms with E-state index >= 15 is 0 Å². The summed E-state index contributed by atoms with van der Waals surface area (Å²) < 4.78 is 31.8. The first-order valence-corrected chi connectivity index (χ1v) is 9.83. The van der Waals surface area contributed by atoms with Crippen LogP contribution >= 0.6 is 11.6 Å². The van der Waals surface area contributed by atoms with Gasteiger partial charge in [-0.2, -0.15) is 0 Å². The first-order valence-electron chi connectivity index (χ1n) is 7.97. The van der Waals surface area contributed by atoms with Crippen molar-refractivity contribution in [1.82, 2.24) is 5.16 Å². The lowest BCUT2D eigenvalue weighted by Crippen LogP contribution is -2.14. The summed E-state index contributed by atoms with van der Waals surface area (Å²) in [6.45, 7) is 1.62. The molecule has 1 aromatic heterocycles. The Balaban J connectivity index is 1.76. The van der Waals surface area contributed by atoms with E-state index in [-0.39, 0.29) is 32.7 Å². The number of non-ortho nitro benzene ring substituents is 1. The Hall–Kier alpha value is -3.44. The van der Waals surface area contributed by atoms with Crippen LogP contribution in [0.25, 0.3) is 0 Å². The van der Waals surface area contributed by atoms with E-state index in [1.165, 1.54) is 42.5 Å². The van der Waals surface area contributed by atoms with Gasteiger partial charge in [0, 0.05) is 23.9 Å². The largest absolute Gasteiger partial charge is 0.360 e. The number of nitrogens with zero attached hydrogens (tertiary/aromatic N) is 2. The van der Waals surface area contributed by atoms with Crippen molar-refractivity contribution in [2.24, 2.45) is 0 Å². The van der Waals surface area contributed by atoms with Crippen LogP contribution in [0.3, 0.4) is 0 Å². The molecule has 12 heteroatoms. The van der Waals surface area contributed by atoms with Crippen LogP contribution in [0.1, 0.15) is 16.1 Å². The zero-order valence-electron chi connectivity index (χ0n) is 14.7. The number of rotatable bonds is 6. The van der Waals surface area contributed by atoms with Crippen LogP contribution in [0.5, 0.6) is 0 Å². The number of carbonyl (C=O) groups is 1. The van der Waals surface area contributed by atoms with Crippen LogP contribution in [0.2, 0.25) is 5.02 Å². The number of hydrogen-bond acceptors (Lipinski definition) is 7. The van der Waals surface area contributed by atoms with Crippen LogP contribution in [-0.4, -0.2) is 24.4 Å². The predicted octanol–water partition coefficient (Wildman–Crippen LogP) is 3.60. The molecule has 0 atom stereocenters. The molecule has 29 heavy (non-hydrogen) atoms. The van der Waals surface area contributed by atoms with Gasteiger partial charge in [0.1, 0.15) is 5.76 Å². The highest BCUT2D eigenvalue weighted by Gasteiger charge is 2.18. The fourth-order valence-corrected chi connectivity index (χ4v) is 3.51. The van der Waals surface area contributed by atoms with Crippen molar-refractivity contribution in [3.8, 4) is 0 Å². The molecule has 1 heterocycles. The number of benzene rings is 2. The van der Waals surface area contributed by atoms with Gasteiger partial charge in [0.05, 0.1) is 20.4 Å². The molecule has 10 nitrogen and oxygen atoms in total. The van der Waals surface area contributed by atoms with Crippen molar-refractivity contribution in [2.75, 3.05) is 10.0 Å². The highest BCUT2D eigenvalue weighted by molar-refractivity contribution is 7.92. The van der Waals surface area contributed by atoms with Gasteiger partial charge in [-0.05, 0) is 37.3 Å². The first-order chi connectivity index (χ1) is 13.7. The van der Waals surface area contributed by atoms with E-state index in [1.54, 1.807) is 6.92 Å². The van der Waals surface area contributed by atoms with Gasteiger partial charge >= 0.3 is 0 Å². The number of hydrogen-bond donors (Lipinski definition) is 2. The van der Waals surface area contributed by atoms with Crippen molar-refractivity contribution in [3.05, 3.63) is 75.0 Å². The third-order valence-electron chi connectivity index (χ3n) is 3.69. The summed E-state index contributed by atoms with van der Waals surface area (Å²) >= 11 is 5.94. The number of nitro groups is 1.